The molecule has 0 fully saturated rings. The van der Waals surface area contributed by atoms with Crippen LogP contribution in [0.3, 0.4) is 0 Å². The van der Waals surface area contributed by atoms with Crippen LogP contribution >= 0.6 is 0 Å². The number of rotatable bonds is 4. The normalized spacial score (nSPS) is 11.3. The van der Waals surface area contributed by atoms with Gasteiger partial charge in [0.15, 0.2) is 0 Å². The number of carbonyl (C=O) groups excluding carboxylic acids is 1. The fourth-order valence-electron chi connectivity index (χ4n) is 2.68. The van der Waals surface area contributed by atoms with Gasteiger partial charge < -0.3 is 9.84 Å². The molecule has 0 saturated carbocycles. The molecule has 1 aromatic carbocycles. The Bertz CT molecular complexity index is 639. The SMILES string of the molecule is Cc1noc(C)c1C(=O)Nc1c(C(C)C)cccc1C(C)C. The molecule has 4 heteroatoms. The van der Waals surface area contributed by atoms with Gasteiger partial charge in [0, 0.05) is 5.69 Å². The molecule has 1 amide bonds. The van der Waals surface area contributed by atoms with Crippen molar-refractivity contribution in [1.82, 2.24) is 5.16 Å². The second-order valence-corrected chi connectivity index (χ2v) is 6.27. The highest BCUT2D eigenvalue weighted by atomic mass is 16.5. The molecule has 4 nitrogen and oxygen atoms in total. The third kappa shape index (κ3) is 3.06. The number of benzene rings is 1. The number of carbonyl (C=O) groups is 1. The van der Waals surface area contributed by atoms with Gasteiger partial charge in [-0.25, -0.2) is 0 Å². The molecule has 0 aliphatic rings. The summed E-state index contributed by atoms with van der Waals surface area (Å²) in [5.74, 6) is 1.05. The maximum absolute atomic E-state index is 12.7. The Hall–Kier alpha value is -2.10. The van der Waals surface area contributed by atoms with Crippen LogP contribution in [0, 0.1) is 13.8 Å². The zero-order valence-corrected chi connectivity index (χ0v) is 14.2. The molecule has 0 aliphatic heterocycles. The number of amides is 1. The third-order valence-corrected chi connectivity index (χ3v) is 3.87. The Morgan fingerprint density at radius 3 is 2.05 bits per heavy atom. The summed E-state index contributed by atoms with van der Waals surface area (Å²) >= 11 is 0. The number of para-hydroxylation sites is 1. The topological polar surface area (TPSA) is 55.1 Å². The summed E-state index contributed by atoms with van der Waals surface area (Å²) < 4.78 is 5.10. The van der Waals surface area contributed by atoms with Gasteiger partial charge in [-0.2, -0.15) is 0 Å². The van der Waals surface area contributed by atoms with Crippen molar-refractivity contribution < 1.29 is 9.32 Å². The van der Waals surface area contributed by atoms with Crippen molar-refractivity contribution in [1.29, 1.82) is 0 Å². The van der Waals surface area contributed by atoms with E-state index in [1.165, 1.54) is 0 Å². The fourth-order valence-corrected chi connectivity index (χ4v) is 2.68. The highest BCUT2D eigenvalue weighted by molar-refractivity contribution is 6.06. The van der Waals surface area contributed by atoms with Gasteiger partial charge in [-0.15, -0.1) is 0 Å². The molecule has 0 bridgehead atoms. The van der Waals surface area contributed by atoms with E-state index in [-0.39, 0.29) is 5.91 Å². The molecule has 1 heterocycles. The van der Waals surface area contributed by atoms with E-state index < -0.39 is 0 Å². The van der Waals surface area contributed by atoms with Crippen molar-refractivity contribution >= 4 is 11.6 Å². The van der Waals surface area contributed by atoms with Crippen molar-refractivity contribution in [3.8, 4) is 0 Å². The minimum atomic E-state index is -0.161. The van der Waals surface area contributed by atoms with Gasteiger partial charge in [0.1, 0.15) is 11.3 Å². The molecule has 0 unspecified atom stereocenters. The smallest absolute Gasteiger partial charge is 0.261 e. The van der Waals surface area contributed by atoms with E-state index in [1.807, 2.05) is 0 Å². The minimum Gasteiger partial charge on any atom is -0.361 e. The standard InChI is InChI=1S/C18H24N2O2/c1-10(2)14-8-7-9-15(11(3)4)17(14)19-18(21)16-12(5)20-22-13(16)6/h7-11H,1-6H3,(H,19,21). The lowest BCUT2D eigenvalue weighted by Crippen LogP contribution is -2.17. The van der Waals surface area contributed by atoms with Crippen molar-refractivity contribution in [2.45, 2.75) is 53.4 Å². The average molecular weight is 300 g/mol. The number of aryl methyl sites for hydroxylation is 2. The largest absolute Gasteiger partial charge is 0.361 e. The van der Waals surface area contributed by atoms with Gasteiger partial charge in [0.25, 0.3) is 5.91 Å². The van der Waals surface area contributed by atoms with Crippen LogP contribution in [0.1, 0.15) is 72.5 Å². The minimum absolute atomic E-state index is 0.161. The molecule has 118 valence electrons. The van der Waals surface area contributed by atoms with Crippen LogP contribution < -0.4 is 5.32 Å². The molecule has 0 radical (unpaired) electrons. The number of nitrogens with one attached hydrogen (secondary N) is 1. The van der Waals surface area contributed by atoms with Crippen LogP contribution in [0.15, 0.2) is 22.7 Å². The Balaban J connectivity index is 2.46. The van der Waals surface area contributed by atoms with Crippen LogP contribution in [-0.2, 0) is 0 Å². The molecule has 22 heavy (non-hydrogen) atoms. The first-order valence-corrected chi connectivity index (χ1v) is 7.70. The lowest BCUT2D eigenvalue weighted by Gasteiger charge is -2.20. The van der Waals surface area contributed by atoms with Gasteiger partial charge in [-0.3, -0.25) is 4.79 Å². The zero-order chi connectivity index (χ0) is 16.4. The quantitative estimate of drug-likeness (QED) is 0.883. The monoisotopic (exact) mass is 300 g/mol. The van der Waals surface area contributed by atoms with E-state index in [0.717, 1.165) is 16.8 Å². The fraction of sp³-hybridized carbons (Fsp3) is 0.444. The van der Waals surface area contributed by atoms with Crippen molar-refractivity contribution in [2.24, 2.45) is 0 Å². The first-order valence-electron chi connectivity index (χ1n) is 7.70. The summed E-state index contributed by atoms with van der Waals surface area (Å²) in [5, 5.41) is 6.95. The molecule has 0 aliphatic carbocycles. The van der Waals surface area contributed by atoms with Crippen LogP contribution in [0.4, 0.5) is 5.69 Å². The van der Waals surface area contributed by atoms with Gasteiger partial charge in [0.2, 0.25) is 0 Å². The Kier molecular flexibility index (Phi) is 4.69. The number of aromatic nitrogens is 1. The molecule has 2 rings (SSSR count). The summed E-state index contributed by atoms with van der Waals surface area (Å²) in [7, 11) is 0. The number of nitrogens with zero attached hydrogens (tertiary/aromatic N) is 1. The summed E-state index contributed by atoms with van der Waals surface area (Å²) in [4.78, 5) is 12.7. The second kappa shape index (κ2) is 6.34. The molecule has 0 spiro atoms. The number of hydrogen-bond acceptors (Lipinski definition) is 3. The average Bonchev–Trinajstić information content (AvgIpc) is 2.77. The highest BCUT2D eigenvalue weighted by Gasteiger charge is 2.21. The Morgan fingerprint density at radius 1 is 1.09 bits per heavy atom. The number of anilines is 1. The van der Waals surface area contributed by atoms with E-state index >= 15 is 0 Å². The predicted molar refractivity (Wildman–Crippen MR) is 88.6 cm³/mol. The van der Waals surface area contributed by atoms with Gasteiger partial charge in [-0.05, 0) is 36.8 Å². The van der Waals surface area contributed by atoms with E-state index in [4.69, 9.17) is 4.52 Å². The van der Waals surface area contributed by atoms with Crippen molar-refractivity contribution in [2.75, 3.05) is 5.32 Å². The van der Waals surface area contributed by atoms with Gasteiger partial charge in [0.05, 0.1) is 5.69 Å². The lowest BCUT2D eigenvalue weighted by molar-refractivity contribution is 0.102. The van der Waals surface area contributed by atoms with Gasteiger partial charge >= 0.3 is 0 Å². The van der Waals surface area contributed by atoms with Crippen molar-refractivity contribution in [3.63, 3.8) is 0 Å². The van der Waals surface area contributed by atoms with Crippen LogP contribution in [0.25, 0.3) is 0 Å². The molecule has 1 aromatic heterocycles. The van der Waals surface area contributed by atoms with E-state index in [9.17, 15) is 4.79 Å². The summed E-state index contributed by atoms with van der Waals surface area (Å²) in [6.07, 6.45) is 0. The van der Waals surface area contributed by atoms with Crippen molar-refractivity contribution in [3.05, 3.63) is 46.3 Å². The van der Waals surface area contributed by atoms with Crippen LogP contribution in [0.5, 0.6) is 0 Å². The molecule has 0 atom stereocenters. The van der Waals surface area contributed by atoms with E-state index in [0.29, 0.717) is 28.9 Å². The van der Waals surface area contributed by atoms with Crippen LogP contribution in [0.2, 0.25) is 0 Å². The van der Waals surface area contributed by atoms with E-state index in [1.54, 1.807) is 13.8 Å². The first-order chi connectivity index (χ1) is 10.3. The Labute approximate surface area is 131 Å². The van der Waals surface area contributed by atoms with Gasteiger partial charge in [-0.1, -0.05) is 51.1 Å². The summed E-state index contributed by atoms with van der Waals surface area (Å²) in [6, 6.07) is 6.19. The third-order valence-electron chi connectivity index (χ3n) is 3.87. The number of hydrogen-bond donors (Lipinski definition) is 1. The summed E-state index contributed by atoms with van der Waals surface area (Å²) in [6.45, 7) is 12.1. The maximum atomic E-state index is 12.7. The first kappa shape index (κ1) is 16.3. The maximum Gasteiger partial charge on any atom is 0.261 e. The molecular formula is C18H24N2O2. The molecular weight excluding hydrogens is 276 g/mol. The molecule has 1 N–H and O–H groups in total. The second-order valence-electron chi connectivity index (χ2n) is 6.27. The molecule has 0 saturated heterocycles. The molecule has 2 aromatic rings. The highest BCUT2D eigenvalue weighted by Crippen LogP contribution is 2.33. The lowest BCUT2D eigenvalue weighted by atomic mass is 9.92. The zero-order valence-electron chi connectivity index (χ0n) is 14.2. The Morgan fingerprint density at radius 2 is 1.64 bits per heavy atom. The van der Waals surface area contributed by atoms with E-state index in [2.05, 4.69) is 56.4 Å². The van der Waals surface area contributed by atoms with Crippen LogP contribution in [-0.4, -0.2) is 11.1 Å². The summed E-state index contributed by atoms with van der Waals surface area (Å²) in [5.41, 5.74) is 4.34. The predicted octanol–water partition coefficient (Wildman–Crippen LogP) is 4.79.